The van der Waals surface area contributed by atoms with Crippen LogP contribution < -0.4 is 4.74 Å². The number of rotatable bonds is 3. The molecule has 0 spiro atoms. The fourth-order valence-electron chi connectivity index (χ4n) is 2.26. The third-order valence-electron chi connectivity index (χ3n) is 3.65. The van der Waals surface area contributed by atoms with Gasteiger partial charge in [0.05, 0.1) is 11.0 Å². The van der Waals surface area contributed by atoms with E-state index in [0.717, 1.165) is 22.6 Å². The van der Waals surface area contributed by atoms with E-state index < -0.39 is 0 Å². The summed E-state index contributed by atoms with van der Waals surface area (Å²) in [6, 6.07) is 14.1. The van der Waals surface area contributed by atoms with Crippen LogP contribution in [0.1, 0.15) is 30.0 Å². The van der Waals surface area contributed by atoms with Crippen molar-refractivity contribution in [2.45, 2.75) is 26.9 Å². The van der Waals surface area contributed by atoms with Gasteiger partial charge >= 0.3 is 0 Å². The van der Waals surface area contributed by atoms with Crippen LogP contribution in [0.2, 0.25) is 0 Å². The topological polar surface area (TPSA) is 37.9 Å². The largest absolute Gasteiger partial charge is 0.483 e. The van der Waals surface area contributed by atoms with Crippen LogP contribution in [0.15, 0.2) is 42.5 Å². The highest BCUT2D eigenvalue weighted by Gasteiger charge is 2.13. The Bertz CT molecular complexity index is 713. The number of hydrogen-bond donors (Lipinski definition) is 1. The summed E-state index contributed by atoms with van der Waals surface area (Å²) in [4.78, 5) is 7.89. The minimum atomic E-state index is -0.108. The van der Waals surface area contributed by atoms with Crippen molar-refractivity contribution >= 4 is 11.0 Å². The average Bonchev–Trinajstić information content (AvgIpc) is 2.88. The van der Waals surface area contributed by atoms with Crippen molar-refractivity contribution in [1.29, 1.82) is 0 Å². The second-order valence-electron chi connectivity index (χ2n) is 5.10. The van der Waals surface area contributed by atoms with Gasteiger partial charge in [-0.3, -0.25) is 0 Å². The van der Waals surface area contributed by atoms with Gasteiger partial charge in [0.15, 0.2) is 6.10 Å². The van der Waals surface area contributed by atoms with Gasteiger partial charge in [0.2, 0.25) is 0 Å². The summed E-state index contributed by atoms with van der Waals surface area (Å²) in [5.41, 5.74) is 4.42. The molecule has 1 N–H and O–H groups in total. The van der Waals surface area contributed by atoms with Gasteiger partial charge in [-0.05, 0) is 50.1 Å². The Kier molecular flexibility index (Phi) is 3.18. The number of aromatic nitrogens is 2. The van der Waals surface area contributed by atoms with Gasteiger partial charge in [0, 0.05) is 0 Å². The molecule has 2 aromatic carbocycles. The van der Waals surface area contributed by atoms with Gasteiger partial charge in [0.25, 0.3) is 0 Å². The molecule has 0 radical (unpaired) electrons. The molecule has 1 heterocycles. The van der Waals surface area contributed by atoms with Crippen molar-refractivity contribution < 1.29 is 4.74 Å². The molecule has 0 saturated carbocycles. The van der Waals surface area contributed by atoms with E-state index in [9.17, 15) is 0 Å². The normalized spacial score (nSPS) is 12.6. The standard InChI is InChI=1S/C17H18N2O/c1-11-7-6-10-16(12(11)2)20-13(3)17-18-14-8-4-5-9-15(14)19-17/h4-10,13H,1-3H3,(H,18,19). The molecule has 1 atom stereocenters. The average molecular weight is 266 g/mol. The number of para-hydroxylation sites is 2. The number of nitrogens with zero attached hydrogens (tertiary/aromatic N) is 1. The second kappa shape index (κ2) is 5.00. The molecule has 3 aromatic rings. The Balaban J connectivity index is 1.89. The van der Waals surface area contributed by atoms with Crippen molar-refractivity contribution in [3.8, 4) is 5.75 Å². The first-order valence-electron chi connectivity index (χ1n) is 6.82. The van der Waals surface area contributed by atoms with Gasteiger partial charge in [0.1, 0.15) is 11.6 Å². The van der Waals surface area contributed by atoms with Gasteiger partial charge < -0.3 is 9.72 Å². The molecular formula is C17H18N2O. The number of H-pyrrole nitrogens is 1. The van der Waals surface area contributed by atoms with E-state index in [2.05, 4.69) is 29.9 Å². The predicted molar refractivity (Wildman–Crippen MR) is 81.1 cm³/mol. The zero-order valence-corrected chi connectivity index (χ0v) is 12.0. The molecule has 0 amide bonds. The highest BCUT2D eigenvalue weighted by Crippen LogP contribution is 2.26. The lowest BCUT2D eigenvalue weighted by atomic mass is 10.1. The monoisotopic (exact) mass is 266 g/mol. The number of hydrogen-bond acceptors (Lipinski definition) is 2. The van der Waals surface area contributed by atoms with Gasteiger partial charge in [-0.1, -0.05) is 24.3 Å². The number of benzene rings is 2. The van der Waals surface area contributed by atoms with Crippen molar-refractivity contribution in [3.05, 3.63) is 59.4 Å². The molecule has 1 unspecified atom stereocenters. The molecule has 1 aromatic heterocycles. The van der Waals surface area contributed by atoms with E-state index in [-0.39, 0.29) is 6.10 Å². The first-order chi connectivity index (χ1) is 9.65. The fraction of sp³-hybridized carbons (Fsp3) is 0.235. The van der Waals surface area contributed by atoms with Crippen LogP contribution in [-0.2, 0) is 0 Å². The number of imidazole rings is 1. The van der Waals surface area contributed by atoms with Crippen molar-refractivity contribution in [2.75, 3.05) is 0 Å². The van der Waals surface area contributed by atoms with Crippen molar-refractivity contribution in [1.82, 2.24) is 9.97 Å². The minimum Gasteiger partial charge on any atom is -0.483 e. The second-order valence-corrected chi connectivity index (χ2v) is 5.10. The lowest BCUT2D eigenvalue weighted by Crippen LogP contribution is -2.06. The molecule has 0 saturated heterocycles. The predicted octanol–water partition coefficient (Wildman–Crippen LogP) is 4.32. The Morgan fingerprint density at radius 1 is 1.05 bits per heavy atom. The molecule has 102 valence electrons. The van der Waals surface area contributed by atoms with Gasteiger partial charge in [-0.25, -0.2) is 4.98 Å². The van der Waals surface area contributed by atoms with Crippen LogP contribution in [0.3, 0.4) is 0 Å². The zero-order chi connectivity index (χ0) is 14.1. The smallest absolute Gasteiger partial charge is 0.153 e. The lowest BCUT2D eigenvalue weighted by Gasteiger charge is -2.15. The van der Waals surface area contributed by atoms with Crippen LogP contribution in [0.4, 0.5) is 0 Å². The number of fused-ring (bicyclic) bond motifs is 1. The third kappa shape index (κ3) is 2.27. The van der Waals surface area contributed by atoms with Crippen LogP contribution >= 0.6 is 0 Å². The molecule has 3 rings (SSSR count). The maximum absolute atomic E-state index is 6.05. The van der Waals surface area contributed by atoms with E-state index in [0.29, 0.717) is 0 Å². The molecule has 0 bridgehead atoms. The number of nitrogens with one attached hydrogen (secondary N) is 1. The summed E-state index contributed by atoms with van der Waals surface area (Å²) in [6.45, 7) is 6.18. The molecule has 0 aliphatic carbocycles. The van der Waals surface area contributed by atoms with Crippen LogP contribution in [-0.4, -0.2) is 9.97 Å². The number of aryl methyl sites for hydroxylation is 1. The Hall–Kier alpha value is -2.29. The van der Waals surface area contributed by atoms with Crippen molar-refractivity contribution in [2.24, 2.45) is 0 Å². The SMILES string of the molecule is Cc1cccc(OC(C)c2nc3ccccc3[nH]2)c1C. The molecular weight excluding hydrogens is 248 g/mol. The first kappa shape index (κ1) is 12.7. The molecule has 20 heavy (non-hydrogen) atoms. The highest BCUT2D eigenvalue weighted by atomic mass is 16.5. The molecule has 0 fully saturated rings. The minimum absolute atomic E-state index is 0.108. The summed E-state index contributed by atoms with van der Waals surface area (Å²) >= 11 is 0. The fourth-order valence-corrected chi connectivity index (χ4v) is 2.26. The molecule has 3 heteroatoms. The summed E-state index contributed by atoms with van der Waals surface area (Å²) in [5, 5.41) is 0. The summed E-state index contributed by atoms with van der Waals surface area (Å²) in [5.74, 6) is 1.77. The zero-order valence-electron chi connectivity index (χ0n) is 12.0. The van der Waals surface area contributed by atoms with Gasteiger partial charge in [-0.15, -0.1) is 0 Å². The quantitative estimate of drug-likeness (QED) is 0.766. The molecule has 3 nitrogen and oxygen atoms in total. The lowest BCUT2D eigenvalue weighted by molar-refractivity contribution is 0.216. The summed E-state index contributed by atoms with van der Waals surface area (Å²) in [6.07, 6.45) is -0.108. The molecule has 0 aliphatic rings. The number of aromatic amines is 1. The van der Waals surface area contributed by atoms with Crippen LogP contribution in [0.5, 0.6) is 5.75 Å². The Labute approximate surface area is 118 Å². The van der Waals surface area contributed by atoms with E-state index in [1.54, 1.807) is 0 Å². The maximum Gasteiger partial charge on any atom is 0.153 e. The van der Waals surface area contributed by atoms with E-state index in [1.807, 2.05) is 43.3 Å². The highest BCUT2D eigenvalue weighted by molar-refractivity contribution is 5.74. The van der Waals surface area contributed by atoms with E-state index in [1.165, 1.54) is 11.1 Å². The van der Waals surface area contributed by atoms with Crippen LogP contribution in [0, 0.1) is 13.8 Å². The number of ether oxygens (including phenoxy) is 1. The van der Waals surface area contributed by atoms with Crippen LogP contribution in [0.25, 0.3) is 11.0 Å². The molecule has 0 aliphatic heterocycles. The summed E-state index contributed by atoms with van der Waals surface area (Å²) < 4.78 is 6.05. The van der Waals surface area contributed by atoms with E-state index >= 15 is 0 Å². The first-order valence-corrected chi connectivity index (χ1v) is 6.82. The van der Waals surface area contributed by atoms with E-state index in [4.69, 9.17) is 4.74 Å². The van der Waals surface area contributed by atoms with Crippen molar-refractivity contribution in [3.63, 3.8) is 0 Å². The Morgan fingerprint density at radius 2 is 1.85 bits per heavy atom. The summed E-state index contributed by atoms with van der Waals surface area (Å²) in [7, 11) is 0. The third-order valence-corrected chi connectivity index (χ3v) is 3.65. The van der Waals surface area contributed by atoms with Gasteiger partial charge in [-0.2, -0.15) is 0 Å². The Morgan fingerprint density at radius 3 is 2.65 bits per heavy atom. The maximum atomic E-state index is 6.05.